The summed E-state index contributed by atoms with van der Waals surface area (Å²) in [5.74, 6) is -1.17. The number of carbonyl (C=O) groups is 1. The van der Waals surface area contributed by atoms with Gasteiger partial charge in [0, 0.05) is 12.2 Å². The van der Waals surface area contributed by atoms with E-state index < -0.39 is 24.8 Å². The SMILES string of the molecule is NCCCCCCNc1nc(Nc2cccc(C(=O)O)c2)nc(OCC(F)(F)F)n1. The molecule has 0 bridgehead atoms. The van der Waals surface area contributed by atoms with Crippen LogP contribution in [0.25, 0.3) is 0 Å². The zero-order valence-electron chi connectivity index (χ0n) is 16.1. The van der Waals surface area contributed by atoms with Gasteiger partial charge in [0.25, 0.3) is 0 Å². The number of aromatic carboxylic acids is 1. The largest absolute Gasteiger partial charge is 0.478 e. The maximum absolute atomic E-state index is 12.5. The van der Waals surface area contributed by atoms with E-state index in [0.717, 1.165) is 25.7 Å². The van der Waals surface area contributed by atoms with Crippen molar-refractivity contribution >= 4 is 23.6 Å². The first-order valence-corrected chi connectivity index (χ1v) is 9.27. The Morgan fingerprint density at radius 1 is 1.10 bits per heavy atom. The van der Waals surface area contributed by atoms with Gasteiger partial charge in [-0.2, -0.15) is 28.1 Å². The Morgan fingerprint density at radius 3 is 2.53 bits per heavy atom. The lowest BCUT2D eigenvalue weighted by molar-refractivity contribution is -0.154. The summed E-state index contributed by atoms with van der Waals surface area (Å²) in [5, 5.41) is 14.8. The normalized spacial score (nSPS) is 11.2. The Bertz CT molecular complexity index is 835. The van der Waals surface area contributed by atoms with E-state index in [1.165, 1.54) is 18.2 Å². The Balaban J connectivity index is 2.12. The Labute approximate surface area is 170 Å². The van der Waals surface area contributed by atoms with Crippen molar-refractivity contribution in [1.82, 2.24) is 15.0 Å². The molecule has 5 N–H and O–H groups in total. The van der Waals surface area contributed by atoms with Crippen LogP contribution >= 0.6 is 0 Å². The molecule has 164 valence electrons. The molecule has 30 heavy (non-hydrogen) atoms. The summed E-state index contributed by atoms with van der Waals surface area (Å²) in [5.41, 5.74) is 5.81. The number of nitrogens with two attached hydrogens (primary N) is 1. The fraction of sp³-hybridized carbons (Fsp3) is 0.444. The van der Waals surface area contributed by atoms with Gasteiger partial charge in [-0.05, 0) is 37.6 Å². The third-order valence-corrected chi connectivity index (χ3v) is 3.76. The third-order valence-electron chi connectivity index (χ3n) is 3.76. The van der Waals surface area contributed by atoms with E-state index in [9.17, 15) is 18.0 Å². The monoisotopic (exact) mass is 428 g/mol. The molecule has 0 aliphatic carbocycles. The molecular weight excluding hydrogens is 405 g/mol. The smallest absolute Gasteiger partial charge is 0.422 e. The molecule has 0 atom stereocenters. The van der Waals surface area contributed by atoms with Gasteiger partial charge in [0.2, 0.25) is 11.9 Å². The van der Waals surface area contributed by atoms with E-state index in [4.69, 9.17) is 10.8 Å². The van der Waals surface area contributed by atoms with E-state index in [-0.39, 0.29) is 17.5 Å². The van der Waals surface area contributed by atoms with Crippen molar-refractivity contribution in [1.29, 1.82) is 0 Å². The van der Waals surface area contributed by atoms with Gasteiger partial charge in [-0.3, -0.25) is 0 Å². The van der Waals surface area contributed by atoms with E-state index in [0.29, 0.717) is 18.8 Å². The van der Waals surface area contributed by atoms with Crippen molar-refractivity contribution in [2.24, 2.45) is 5.73 Å². The van der Waals surface area contributed by atoms with E-state index in [1.54, 1.807) is 6.07 Å². The van der Waals surface area contributed by atoms with E-state index in [2.05, 4.69) is 30.3 Å². The number of rotatable bonds is 12. The van der Waals surface area contributed by atoms with Gasteiger partial charge < -0.3 is 26.2 Å². The van der Waals surface area contributed by atoms with Crippen molar-refractivity contribution in [3.8, 4) is 6.01 Å². The lowest BCUT2D eigenvalue weighted by Gasteiger charge is -2.12. The molecule has 2 rings (SSSR count). The number of carboxylic acid groups (broad SMARTS) is 1. The number of alkyl halides is 3. The van der Waals surface area contributed by atoms with E-state index in [1.807, 2.05) is 0 Å². The highest BCUT2D eigenvalue weighted by atomic mass is 19.4. The summed E-state index contributed by atoms with van der Waals surface area (Å²) < 4.78 is 42.0. The second-order valence-electron chi connectivity index (χ2n) is 6.31. The van der Waals surface area contributed by atoms with Gasteiger partial charge in [0.15, 0.2) is 6.61 Å². The number of hydrogen-bond acceptors (Lipinski definition) is 8. The summed E-state index contributed by atoms with van der Waals surface area (Å²) in [4.78, 5) is 22.9. The Morgan fingerprint density at radius 2 is 1.83 bits per heavy atom. The average molecular weight is 428 g/mol. The number of hydrogen-bond donors (Lipinski definition) is 4. The van der Waals surface area contributed by atoms with Crippen LogP contribution < -0.4 is 21.1 Å². The zero-order chi connectivity index (χ0) is 22.0. The van der Waals surface area contributed by atoms with Crippen LogP contribution in [0.15, 0.2) is 24.3 Å². The lowest BCUT2D eigenvalue weighted by atomic mass is 10.2. The highest BCUT2D eigenvalue weighted by Gasteiger charge is 2.29. The van der Waals surface area contributed by atoms with Crippen molar-refractivity contribution in [2.75, 3.05) is 30.3 Å². The highest BCUT2D eigenvalue weighted by Crippen LogP contribution is 2.20. The van der Waals surface area contributed by atoms with Crippen LogP contribution in [0.1, 0.15) is 36.0 Å². The number of aromatic nitrogens is 3. The first kappa shape index (κ1) is 23.1. The van der Waals surface area contributed by atoms with Crippen LogP contribution in [-0.4, -0.2) is 51.9 Å². The van der Waals surface area contributed by atoms with Crippen LogP contribution in [0, 0.1) is 0 Å². The minimum Gasteiger partial charge on any atom is -0.478 e. The molecule has 1 aromatic heterocycles. The first-order chi connectivity index (χ1) is 14.3. The lowest BCUT2D eigenvalue weighted by Crippen LogP contribution is -2.21. The fourth-order valence-electron chi connectivity index (χ4n) is 2.38. The molecule has 0 radical (unpaired) electrons. The Kier molecular flexibility index (Phi) is 8.59. The maximum Gasteiger partial charge on any atom is 0.422 e. The van der Waals surface area contributed by atoms with Gasteiger partial charge in [-0.1, -0.05) is 18.9 Å². The summed E-state index contributed by atoms with van der Waals surface area (Å²) >= 11 is 0. The number of carboxylic acids is 1. The molecule has 0 spiro atoms. The molecule has 0 unspecified atom stereocenters. The van der Waals surface area contributed by atoms with Gasteiger partial charge in [0.05, 0.1) is 5.56 Å². The van der Waals surface area contributed by atoms with Gasteiger partial charge in [0.1, 0.15) is 0 Å². The standard InChI is InChI=1S/C18H23F3N6O3/c19-18(20,21)11-30-17-26-15(23-9-4-2-1-3-8-22)25-16(27-17)24-13-7-5-6-12(10-13)14(28)29/h5-7,10H,1-4,8-9,11,22H2,(H,28,29)(H2,23,24,25,26,27). The highest BCUT2D eigenvalue weighted by molar-refractivity contribution is 5.89. The number of halogens is 3. The molecule has 0 aliphatic heterocycles. The molecule has 0 aliphatic rings. The summed E-state index contributed by atoms with van der Waals surface area (Å²) in [6, 6.07) is 5.31. The van der Waals surface area contributed by atoms with Crippen LogP contribution in [0.3, 0.4) is 0 Å². The van der Waals surface area contributed by atoms with E-state index >= 15 is 0 Å². The second kappa shape index (κ2) is 11.1. The predicted molar refractivity (Wildman–Crippen MR) is 104 cm³/mol. The van der Waals surface area contributed by atoms with Crippen LogP contribution in [0.4, 0.5) is 30.8 Å². The summed E-state index contributed by atoms with van der Waals surface area (Å²) in [6.07, 6.45) is -0.924. The number of unbranched alkanes of at least 4 members (excludes halogenated alkanes) is 3. The molecule has 12 heteroatoms. The van der Waals surface area contributed by atoms with Crippen molar-refractivity contribution in [3.05, 3.63) is 29.8 Å². The molecule has 9 nitrogen and oxygen atoms in total. The van der Waals surface area contributed by atoms with Gasteiger partial charge in [-0.25, -0.2) is 4.79 Å². The zero-order valence-corrected chi connectivity index (χ0v) is 16.1. The van der Waals surface area contributed by atoms with Crippen LogP contribution in [0.2, 0.25) is 0 Å². The molecule has 1 heterocycles. The minimum atomic E-state index is -4.55. The van der Waals surface area contributed by atoms with Crippen molar-refractivity contribution in [3.63, 3.8) is 0 Å². The average Bonchev–Trinajstić information content (AvgIpc) is 2.69. The van der Waals surface area contributed by atoms with Crippen molar-refractivity contribution in [2.45, 2.75) is 31.9 Å². The molecule has 1 aromatic carbocycles. The molecule has 0 fully saturated rings. The van der Waals surface area contributed by atoms with Gasteiger partial charge >= 0.3 is 18.2 Å². The molecule has 0 amide bonds. The summed E-state index contributed by atoms with van der Waals surface area (Å²) in [7, 11) is 0. The molecule has 0 saturated carbocycles. The van der Waals surface area contributed by atoms with Gasteiger partial charge in [-0.15, -0.1) is 0 Å². The molecular formula is C18H23F3N6O3. The number of nitrogens with zero attached hydrogens (tertiary/aromatic N) is 3. The van der Waals surface area contributed by atoms with Crippen molar-refractivity contribution < 1.29 is 27.8 Å². The van der Waals surface area contributed by atoms with Crippen LogP contribution in [-0.2, 0) is 0 Å². The Hall–Kier alpha value is -3.15. The molecule has 2 aromatic rings. The second-order valence-corrected chi connectivity index (χ2v) is 6.31. The number of ether oxygens (including phenoxy) is 1. The summed E-state index contributed by atoms with van der Waals surface area (Å²) in [6.45, 7) is -0.427. The molecule has 0 saturated heterocycles. The third kappa shape index (κ3) is 8.47. The fourth-order valence-corrected chi connectivity index (χ4v) is 2.38. The predicted octanol–water partition coefficient (Wildman–Crippen LogP) is 3.19. The maximum atomic E-state index is 12.5. The topological polar surface area (TPSA) is 135 Å². The quantitative estimate of drug-likeness (QED) is 0.376. The minimum absolute atomic E-state index is 0.0263. The van der Waals surface area contributed by atoms with Crippen LogP contribution in [0.5, 0.6) is 6.01 Å². The number of anilines is 3. The first-order valence-electron chi connectivity index (χ1n) is 9.27. The number of benzene rings is 1. The number of nitrogens with one attached hydrogen (secondary N) is 2.